The Morgan fingerprint density at radius 1 is 0.800 bits per heavy atom. The van der Waals surface area contributed by atoms with Crippen molar-refractivity contribution in [3.05, 3.63) is 113 Å². The molecule has 0 aromatic heterocycles. The van der Waals surface area contributed by atoms with Crippen LogP contribution in [0.15, 0.2) is 95.7 Å². The molecule has 0 atom stereocenters. The summed E-state index contributed by atoms with van der Waals surface area (Å²) in [4.78, 5) is 0. The Balaban J connectivity index is 1.82. The van der Waals surface area contributed by atoms with Crippen LogP contribution in [0.25, 0.3) is 0 Å². The molecule has 0 amide bonds. The van der Waals surface area contributed by atoms with Crippen LogP contribution in [0.1, 0.15) is 16.7 Å². The summed E-state index contributed by atoms with van der Waals surface area (Å²) >= 11 is 0. The van der Waals surface area contributed by atoms with Crippen molar-refractivity contribution < 1.29 is 0 Å². The van der Waals surface area contributed by atoms with E-state index in [1.54, 1.807) is 0 Å². The minimum absolute atomic E-state index is 0.882. The van der Waals surface area contributed by atoms with E-state index in [1.807, 2.05) is 53.5 Å². The van der Waals surface area contributed by atoms with Gasteiger partial charge in [0, 0.05) is 17.2 Å². The van der Waals surface area contributed by atoms with E-state index in [0.717, 1.165) is 28.2 Å². The lowest BCUT2D eigenvalue weighted by Gasteiger charge is -2.16. The summed E-state index contributed by atoms with van der Waals surface area (Å²) in [6.07, 6.45) is 3.56. The highest BCUT2D eigenvalue weighted by Crippen LogP contribution is 2.25. The number of nitrogens with one attached hydrogen (secondary N) is 1. The molecule has 1 heterocycles. The standard InChI is InChI=1S/C22H18N3/c1-17-10-8-9-13-19(17)16-21-22(18-11-4-2-5-12-18)23-24-25(21)20-14-6-3-7-15-20/h2-15,24H,1H3/q+1. The Morgan fingerprint density at radius 3 is 2.16 bits per heavy atom. The lowest BCUT2D eigenvalue weighted by molar-refractivity contribution is 0.777. The van der Waals surface area contributed by atoms with Crippen molar-refractivity contribution in [2.45, 2.75) is 6.92 Å². The smallest absolute Gasteiger partial charge is 0.211 e. The van der Waals surface area contributed by atoms with Crippen LogP contribution >= 0.6 is 0 Å². The zero-order chi connectivity index (χ0) is 17.1. The minimum atomic E-state index is 0.882. The van der Waals surface area contributed by atoms with E-state index in [0.29, 0.717) is 0 Å². The topological polar surface area (TPSA) is 27.6 Å². The normalized spacial score (nSPS) is 14.8. The molecule has 3 heteroatoms. The molecule has 0 saturated heterocycles. The third-order valence-electron chi connectivity index (χ3n) is 4.17. The number of para-hydroxylation sites is 1. The highest BCUT2D eigenvalue weighted by molar-refractivity contribution is 6.15. The maximum Gasteiger partial charge on any atom is 0.228 e. The fourth-order valence-electron chi connectivity index (χ4n) is 2.83. The number of nitrogens with zero attached hydrogens (tertiary/aromatic N) is 2. The zero-order valence-electron chi connectivity index (χ0n) is 14.0. The predicted octanol–water partition coefficient (Wildman–Crippen LogP) is 4.46. The number of anilines is 1. The maximum atomic E-state index is 4.56. The van der Waals surface area contributed by atoms with Crippen molar-refractivity contribution in [3.63, 3.8) is 0 Å². The second-order valence-electron chi connectivity index (χ2n) is 5.89. The minimum Gasteiger partial charge on any atom is -0.211 e. The number of hydrazone groups is 1. The Kier molecular flexibility index (Phi) is 3.99. The van der Waals surface area contributed by atoms with Crippen molar-refractivity contribution in [1.82, 2.24) is 5.53 Å². The van der Waals surface area contributed by atoms with Gasteiger partial charge in [-0.2, -0.15) is 0 Å². The van der Waals surface area contributed by atoms with Gasteiger partial charge >= 0.3 is 0 Å². The molecule has 1 N–H and O–H groups in total. The van der Waals surface area contributed by atoms with Gasteiger partial charge in [-0.25, -0.2) is 10.5 Å². The van der Waals surface area contributed by atoms with Crippen LogP contribution in [0.3, 0.4) is 0 Å². The lowest BCUT2D eigenvalue weighted by atomic mass is 10.0. The third kappa shape index (κ3) is 3.01. The first-order valence-electron chi connectivity index (χ1n) is 8.27. The molecule has 0 radical (unpaired) electrons. The molecule has 25 heavy (non-hydrogen) atoms. The molecule has 0 aliphatic carbocycles. The van der Waals surface area contributed by atoms with Crippen molar-refractivity contribution in [1.29, 1.82) is 0 Å². The first-order valence-corrected chi connectivity index (χ1v) is 8.27. The SMILES string of the molecule is Cc1ccccc1[C+]=C1C(c2ccccc2)=NNN1c1ccccc1. The van der Waals surface area contributed by atoms with Gasteiger partial charge in [0.15, 0.2) is 11.3 Å². The van der Waals surface area contributed by atoms with E-state index < -0.39 is 0 Å². The van der Waals surface area contributed by atoms with Crippen LogP contribution in [0.2, 0.25) is 0 Å². The number of benzene rings is 3. The number of rotatable bonds is 3. The second kappa shape index (κ2) is 6.60. The van der Waals surface area contributed by atoms with Gasteiger partial charge in [-0.05, 0) is 49.4 Å². The summed E-state index contributed by atoms with van der Waals surface area (Å²) in [7, 11) is 0. The van der Waals surface area contributed by atoms with Gasteiger partial charge in [-0.15, -0.1) is 5.10 Å². The lowest BCUT2D eigenvalue weighted by Crippen LogP contribution is -2.29. The van der Waals surface area contributed by atoms with E-state index in [9.17, 15) is 0 Å². The fraction of sp³-hybridized carbons (Fsp3) is 0.0455. The van der Waals surface area contributed by atoms with Crippen LogP contribution in [-0.4, -0.2) is 5.71 Å². The molecule has 0 bridgehead atoms. The van der Waals surface area contributed by atoms with E-state index in [-0.39, 0.29) is 0 Å². The quantitative estimate of drug-likeness (QED) is 0.720. The average Bonchev–Trinajstić information content (AvgIpc) is 3.09. The third-order valence-corrected chi connectivity index (χ3v) is 4.17. The maximum absolute atomic E-state index is 4.56. The van der Waals surface area contributed by atoms with Gasteiger partial charge in [0.25, 0.3) is 0 Å². The number of hydrogen-bond donors (Lipinski definition) is 1. The van der Waals surface area contributed by atoms with Crippen molar-refractivity contribution in [3.8, 4) is 0 Å². The summed E-state index contributed by atoms with van der Waals surface area (Å²) in [5, 5.41) is 6.53. The number of hydrazine groups is 1. The fourth-order valence-corrected chi connectivity index (χ4v) is 2.83. The molecule has 4 rings (SSSR count). The molecular formula is C22H18N3+. The number of hydrogen-bond acceptors (Lipinski definition) is 3. The number of aryl methyl sites for hydroxylation is 1. The summed E-state index contributed by atoms with van der Waals surface area (Å²) < 4.78 is 0. The average molecular weight is 324 g/mol. The van der Waals surface area contributed by atoms with E-state index >= 15 is 0 Å². The van der Waals surface area contributed by atoms with Crippen LogP contribution in [0, 0.1) is 13.0 Å². The van der Waals surface area contributed by atoms with Gasteiger partial charge in [-0.1, -0.05) is 36.4 Å². The summed E-state index contributed by atoms with van der Waals surface area (Å²) in [6, 6.07) is 28.6. The Hall–Kier alpha value is -3.42. The van der Waals surface area contributed by atoms with Crippen LogP contribution in [0.4, 0.5) is 5.69 Å². The zero-order valence-corrected chi connectivity index (χ0v) is 14.0. The first kappa shape index (κ1) is 15.1. The van der Waals surface area contributed by atoms with Gasteiger partial charge in [0.05, 0.1) is 11.8 Å². The summed E-state index contributed by atoms with van der Waals surface area (Å²) in [5.74, 6) is 0. The summed E-state index contributed by atoms with van der Waals surface area (Å²) in [6.45, 7) is 2.09. The Labute approximate surface area is 147 Å². The molecule has 3 nitrogen and oxygen atoms in total. The molecule has 0 fully saturated rings. The van der Waals surface area contributed by atoms with E-state index in [1.165, 1.54) is 5.56 Å². The molecular weight excluding hydrogens is 306 g/mol. The highest BCUT2D eigenvalue weighted by Gasteiger charge is 2.31. The summed E-state index contributed by atoms with van der Waals surface area (Å²) in [5.41, 5.74) is 9.25. The molecule has 120 valence electrons. The largest absolute Gasteiger partial charge is 0.228 e. The van der Waals surface area contributed by atoms with Gasteiger partial charge in [0.2, 0.25) is 5.70 Å². The van der Waals surface area contributed by atoms with Gasteiger partial charge in [-0.3, -0.25) is 0 Å². The first-order chi connectivity index (χ1) is 12.3. The van der Waals surface area contributed by atoms with Crippen LogP contribution < -0.4 is 10.5 Å². The molecule has 3 aromatic carbocycles. The molecule has 0 unspecified atom stereocenters. The van der Waals surface area contributed by atoms with Gasteiger partial charge in [0.1, 0.15) is 0 Å². The molecule has 3 aromatic rings. The van der Waals surface area contributed by atoms with Gasteiger partial charge < -0.3 is 0 Å². The Bertz CT molecular complexity index is 928. The Morgan fingerprint density at radius 2 is 1.44 bits per heavy atom. The molecule has 0 saturated carbocycles. The number of allylic oxidation sites excluding steroid dienone is 1. The van der Waals surface area contributed by atoms with Crippen LogP contribution in [-0.2, 0) is 0 Å². The monoisotopic (exact) mass is 324 g/mol. The highest BCUT2D eigenvalue weighted by atomic mass is 15.7. The van der Waals surface area contributed by atoms with Crippen LogP contribution in [0.5, 0.6) is 0 Å². The predicted molar refractivity (Wildman–Crippen MR) is 102 cm³/mol. The van der Waals surface area contributed by atoms with E-state index in [2.05, 4.69) is 60.0 Å². The molecule has 0 spiro atoms. The van der Waals surface area contributed by atoms with Crippen molar-refractivity contribution in [2.75, 3.05) is 5.01 Å². The molecule has 1 aliphatic rings. The second-order valence-corrected chi connectivity index (χ2v) is 5.89. The van der Waals surface area contributed by atoms with Crippen molar-refractivity contribution in [2.24, 2.45) is 5.10 Å². The van der Waals surface area contributed by atoms with E-state index in [4.69, 9.17) is 0 Å². The molecule has 1 aliphatic heterocycles. The van der Waals surface area contributed by atoms with Crippen molar-refractivity contribution >= 4 is 11.4 Å².